The van der Waals surface area contributed by atoms with Crippen molar-refractivity contribution in [2.24, 2.45) is 0 Å². The number of ketones is 1. The molecule has 4 aromatic rings. The van der Waals surface area contributed by atoms with Gasteiger partial charge in [-0.25, -0.2) is 13.4 Å². The van der Waals surface area contributed by atoms with Crippen molar-refractivity contribution in [1.82, 2.24) is 9.97 Å². The summed E-state index contributed by atoms with van der Waals surface area (Å²) in [6.07, 6.45) is 1.41. The van der Waals surface area contributed by atoms with E-state index in [-0.39, 0.29) is 26.9 Å². The van der Waals surface area contributed by atoms with Crippen molar-refractivity contribution in [1.29, 1.82) is 0 Å². The number of nitrogens with zero attached hydrogens (tertiary/aromatic N) is 1. The van der Waals surface area contributed by atoms with Crippen molar-refractivity contribution in [3.8, 4) is 11.5 Å². The lowest BCUT2D eigenvalue weighted by Gasteiger charge is -2.07. The molecular weight excluding hydrogens is 404 g/mol. The van der Waals surface area contributed by atoms with Gasteiger partial charge in [0.2, 0.25) is 15.6 Å². The molecule has 0 aliphatic heterocycles. The van der Waals surface area contributed by atoms with E-state index in [1.165, 1.54) is 32.5 Å². The molecule has 0 aliphatic rings. The fraction of sp³-hybridized carbons (Fsp3) is 0.0909. The van der Waals surface area contributed by atoms with Gasteiger partial charge in [-0.05, 0) is 36.4 Å². The van der Waals surface area contributed by atoms with Crippen LogP contribution in [0.5, 0.6) is 11.5 Å². The van der Waals surface area contributed by atoms with Gasteiger partial charge < -0.3 is 14.5 Å². The average molecular weight is 422 g/mol. The molecule has 1 N–H and O–H groups in total. The molecule has 4 rings (SSSR count). The highest BCUT2D eigenvalue weighted by atomic mass is 32.2. The molecule has 30 heavy (non-hydrogen) atoms. The molecule has 0 atom stereocenters. The second kappa shape index (κ2) is 7.64. The van der Waals surface area contributed by atoms with Crippen molar-refractivity contribution in [2.75, 3.05) is 14.2 Å². The number of carbonyl (C=O) groups excluding carboxylic acids is 1. The lowest BCUT2D eigenvalue weighted by atomic mass is 10.1. The third kappa shape index (κ3) is 3.42. The predicted molar refractivity (Wildman–Crippen MR) is 111 cm³/mol. The molecule has 0 fully saturated rings. The van der Waals surface area contributed by atoms with Gasteiger partial charge in [0.05, 0.1) is 30.3 Å². The molecule has 0 bridgehead atoms. The molecule has 0 saturated heterocycles. The van der Waals surface area contributed by atoms with E-state index in [1.807, 2.05) is 0 Å². The summed E-state index contributed by atoms with van der Waals surface area (Å²) < 4.78 is 36.6. The highest BCUT2D eigenvalue weighted by Gasteiger charge is 2.24. The number of fused-ring (bicyclic) bond motifs is 1. The first-order valence-electron chi connectivity index (χ1n) is 8.99. The summed E-state index contributed by atoms with van der Waals surface area (Å²) in [6, 6.07) is 16.2. The van der Waals surface area contributed by atoms with Crippen LogP contribution >= 0.6 is 0 Å². The standard InChI is InChI=1S/C22H18N2O5S/c1-28-16-10-15(11-17(13-16)29-2)21(25)19-12-14-8-9-23-22(20(14)24-19)30(26,27)18-6-4-3-5-7-18/h3-13,24H,1-2H3. The smallest absolute Gasteiger partial charge is 0.225 e. The lowest BCUT2D eigenvalue weighted by molar-refractivity contribution is 0.103. The molecule has 0 amide bonds. The van der Waals surface area contributed by atoms with Gasteiger partial charge in [-0.15, -0.1) is 0 Å². The second-order valence-corrected chi connectivity index (χ2v) is 8.38. The van der Waals surface area contributed by atoms with Crippen LogP contribution in [0.3, 0.4) is 0 Å². The first-order chi connectivity index (χ1) is 14.4. The highest BCUT2D eigenvalue weighted by molar-refractivity contribution is 7.91. The van der Waals surface area contributed by atoms with E-state index in [0.717, 1.165) is 0 Å². The summed E-state index contributed by atoms with van der Waals surface area (Å²) in [5.41, 5.74) is 0.857. The second-order valence-electron chi connectivity index (χ2n) is 6.51. The minimum atomic E-state index is -3.86. The average Bonchev–Trinajstić information content (AvgIpc) is 3.23. The van der Waals surface area contributed by atoms with Crippen molar-refractivity contribution in [2.45, 2.75) is 9.92 Å². The number of carbonyl (C=O) groups is 1. The molecule has 2 heterocycles. The number of hydrogen-bond donors (Lipinski definition) is 1. The molecule has 0 spiro atoms. The normalized spacial score (nSPS) is 11.4. The molecule has 0 aliphatic carbocycles. The number of aromatic nitrogens is 2. The molecular formula is C22H18N2O5S. The quantitative estimate of drug-likeness (QED) is 0.476. The number of aromatic amines is 1. The molecule has 2 aromatic heterocycles. The predicted octanol–water partition coefficient (Wildman–Crippen LogP) is 3.64. The van der Waals surface area contributed by atoms with Crippen LogP contribution in [-0.2, 0) is 9.84 Å². The zero-order valence-electron chi connectivity index (χ0n) is 16.2. The summed E-state index contributed by atoms with van der Waals surface area (Å²) in [4.78, 5) is 20.2. The maximum absolute atomic E-state index is 13.1. The largest absolute Gasteiger partial charge is 0.497 e. The van der Waals surface area contributed by atoms with Crippen LogP contribution in [-0.4, -0.2) is 38.4 Å². The topological polar surface area (TPSA) is 98.3 Å². The van der Waals surface area contributed by atoms with Gasteiger partial charge in [-0.3, -0.25) is 4.79 Å². The van der Waals surface area contributed by atoms with Gasteiger partial charge in [0.1, 0.15) is 11.5 Å². The first-order valence-corrected chi connectivity index (χ1v) is 10.5. The maximum atomic E-state index is 13.1. The summed E-state index contributed by atoms with van der Waals surface area (Å²) in [5, 5.41) is 0.436. The number of hydrogen-bond acceptors (Lipinski definition) is 6. The first kappa shape index (κ1) is 19.7. The third-order valence-electron chi connectivity index (χ3n) is 4.67. The maximum Gasteiger partial charge on any atom is 0.225 e. The van der Waals surface area contributed by atoms with Crippen LogP contribution in [0.2, 0.25) is 0 Å². The number of benzene rings is 2. The van der Waals surface area contributed by atoms with Crippen molar-refractivity contribution in [3.05, 3.63) is 78.1 Å². The SMILES string of the molecule is COc1cc(OC)cc(C(=O)c2cc3ccnc(S(=O)(=O)c4ccccc4)c3[nH]2)c1. The summed E-state index contributed by atoms with van der Waals surface area (Å²) in [6.45, 7) is 0. The Morgan fingerprint density at radius 2 is 1.60 bits per heavy atom. The monoisotopic (exact) mass is 422 g/mol. The van der Waals surface area contributed by atoms with E-state index in [1.54, 1.807) is 48.5 Å². The fourth-order valence-electron chi connectivity index (χ4n) is 3.16. The lowest BCUT2D eigenvalue weighted by Crippen LogP contribution is -2.06. The Morgan fingerprint density at radius 1 is 0.933 bits per heavy atom. The molecule has 0 saturated carbocycles. The van der Waals surface area contributed by atoms with Crippen LogP contribution in [0.4, 0.5) is 0 Å². The van der Waals surface area contributed by atoms with Crippen LogP contribution < -0.4 is 9.47 Å². The van der Waals surface area contributed by atoms with Crippen molar-refractivity contribution in [3.63, 3.8) is 0 Å². The van der Waals surface area contributed by atoms with Crippen LogP contribution in [0, 0.1) is 0 Å². The Kier molecular flexibility index (Phi) is 5.01. The van der Waals surface area contributed by atoms with Crippen molar-refractivity contribution < 1.29 is 22.7 Å². The number of H-pyrrole nitrogens is 1. The molecule has 152 valence electrons. The molecule has 7 nitrogen and oxygen atoms in total. The Morgan fingerprint density at radius 3 is 2.23 bits per heavy atom. The number of methoxy groups -OCH3 is 2. The van der Waals surface area contributed by atoms with E-state index in [0.29, 0.717) is 22.4 Å². The number of nitrogens with one attached hydrogen (secondary N) is 1. The van der Waals surface area contributed by atoms with Gasteiger partial charge >= 0.3 is 0 Å². The minimum absolute atomic E-state index is 0.130. The summed E-state index contributed by atoms with van der Waals surface area (Å²) >= 11 is 0. The van der Waals surface area contributed by atoms with Gasteiger partial charge in [0.15, 0.2) is 5.03 Å². The fourth-order valence-corrected chi connectivity index (χ4v) is 4.54. The van der Waals surface area contributed by atoms with Gasteiger partial charge in [0.25, 0.3) is 0 Å². The van der Waals surface area contributed by atoms with Crippen molar-refractivity contribution >= 4 is 26.5 Å². The Bertz CT molecular complexity index is 1320. The summed E-state index contributed by atoms with van der Waals surface area (Å²) in [7, 11) is -0.861. The third-order valence-corrected chi connectivity index (χ3v) is 6.39. The zero-order chi connectivity index (χ0) is 21.3. The molecule has 0 radical (unpaired) electrons. The minimum Gasteiger partial charge on any atom is -0.497 e. The molecule has 8 heteroatoms. The van der Waals surface area contributed by atoms with E-state index in [9.17, 15) is 13.2 Å². The van der Waals surface area contributed by atoms with E-state index in [4.69, 9.17) is 9.47 Å². The Balaban J connectivity index is 1.82. The number of ether oxygens (including phenoxy) is 2. The van der Waals surface area contributed by atoms with E-state index < -0.39 is 9.84 Å². The van der Waals surface area contributed by atoms with Crippen LogP contribution in [0.25, 0.3) is 10.9 Å². The Hall–Kier alpha value is -3.65. The number of rotatable bonds is 6. The highest BCUT2D eigenvalue weighted by Crippen LogP contribution is 2.29. The van der Waals surface area contributed by atoms with Gasteiger partial charge in [0, 0.05) is 23.2 Å². The van der Waals surface area contributed by atoms with Crippen LogP contribution in [0.15, 0.2) is 76.8 Å². The van der Waals surface area contributed by atoms with E-state index in [2.05, 4.69) is 9.97 Å². The summed E-state index contributed by atoms with van der Waals surface area (Å²) in [5.74, 6) is 0.622. The number of sulfone groups is 1. The van der Waals surface area contributed by atoms with Gasteiger partial charge in [-0.2, -0.15) is 0 Å². The molecule has 0 unspecified atom stereocenters. The van der Waals surface area contributed by atoms with Gasteiger partial charge in [-0.1, -0.05) is 18.2 Å². The zero-order valence-corrected chi connectivity index (χ0v) is 17.1. The Labute approximate surface area is 173 Å². The number of pyridine rings is 1. The van der Waals surface area contributed by atoms with Crippen LogP contribution in [0.1, 0.15) is 16.1 Å². The van der Waals surface area contributed by atoms with E-state index >= 15 is 0 Å². The molecule has 2 aromatic carbocycles.